The number of rotatable bonds is 6. The summed E-state index contributed by atoms with van der Waals surface area (Å²) in [4.78, 5) is 26.1. The maximum Gasteiger partial charge on any atom is 0.296 e. The zero-order valence-electron chi connectivity index (χ0n) is 16.6. The number of amides is 1. The Morgan fingerprint density at radius 3 is 2.62 bits per heavy atom. The topological polar surface area (TPSA) is 62.5 Å². The molecule has 29 heavy (non-hydrogen) atoms. The summed E-state index contributed by atoms with van der Waals surface area (Å²) in [5, 5.41) is 0. The third kappa shape index (κ3) is 4.54. The van der Waals surface area contributed by atoms with Crippen LogP contribution in [0.3, 0.4) is 0 Å². The van der Waals surface area contributed by atoms with E-state index in [-0.39, 0.29) is 11.9 Å². The molecule has 1 fully saturated rings. The van der Waals surface area contributed by atoms with Gasteiger partial charge in [0.25, 0.3) is 5.91 Å². The summed E-state index contributed by atoms with van der Waals surface area (Å²) in [7, 11) is 0. The summed E-state index contributed by atoms with van der Waals surface area (Å²) in [6.45, 7) is 5.10. The van der Waals surface area contributed by atoms with Gasteiger partial charge in [-0.15, -0.1) is 0 Å². The Morgan fingerprint density at radius 2 is 1.93 bits per heavy atom. The second-order valence-corrected chi connectivity index (χ2v) is 7.57. The maximum absolute atomic E-state index is 13.2. The van der Waals surface area contributed by atoms with Crippen molar-refractivity contribution in [3.63, 3.8) is 0 Å². The molecular formula is C23H26N4O2. The lowest BCUT2D eigenvalue weighted by molar-refractivity contribution is 0.0903. The first kappa shape index (κ1) is 19.3. The fourth-order valence-electron chi connectivity index (χ4n) is 4.06. The smallest absolute Gasteiger partial charge is 0.296 e. The third-order valence-corrected chi connectivity index (χ3v) is 5.55. The molecule has 1 saturated heterocycles. The van der Waals surface area contributed by atoms with Crippen molar-refractivity contribution < 1.29 is 9.21 Å². The maximum atomic E-state index is 13.2. The molecule has 1 aliphatic rings. The monoisotopic (exact) mass is 390 g/mol. The van der Waals surface area contributed by atoms with Crippen LogP contribution >= 0.6 is 0 Å². The van der Waals surface area contributed by atoms with E-state index >= 15 is 0 Å². The number of aromatic nitrogens is 2. The predicted molar refractivity (Wildman–Crippen MR) is 112 cm³/mol. The van der Waals surface area contributed by atoms with E-state index in [2.05, 4.69) is 46.1 Å². The van der Waals surface area contributed by atoms with Gasteiger partial charge in [0, 0.05) is 38.1 Å². The Balaban J connectivity index is 1.47. The van der Waals surface area contributed by atoms with Gasteiger partial charge in [-0.1, -0.05) is 37.3 Å². The van der Waals surface area contributed by atoms with E-state index in [1.54, 1.807) is 35.5 Å². The van der Waals surface area contributed by atoms with Crippen molar-refractivity contribution in [1.29, 1.82) is 0 Å². The van der Waals surface area contributed by atoms with Gasteiger partial charge in [0.15, 0.2) is 5.76 Å². The average molecular weight is 390 g/mol. The van der Waals surface area contributed by atoms with Crippen LogP contribution in [0.15, 0.2) is 71.6 Å². The van der Waals surface area contributed by atoms with Crippen LogP contribution in [0.5, 0.6) is 0 Å². The van der Waals surface area contributed by atoms with Gasteiger partial charge in [0.05, 0.1) is 6.26 Å². The first-order valence-corrected chi connectivity index (χ1v) is 10.1. The standard InChI is InChI=1S/C23H26N4O2/c1-18-17-26(14-10-19-7-3-2-4-8-19)15-11-20(18)27(23-24-12-6-13-25-23)22(28)21-9-5-16-29-21/h2-9,12-13,16,18,20H,10-11,14-15,17H2,1H3. The zero-order chi connectivity index (χ0) is 20.1. The fourth-order valence-corrected chi connectivity index (χ4v) is 4.06. The van der Waals surface area contributed by atoms with Gasteiger partial charge < -0.3 is 9.32 Å². The van der Waals surface area contributed by atoms with E-state index in [4.69, 9.17) is 4.42 Å². The molecule has 6 heteroatoms. The van der Waals surface area contributed by atoms with Crippen molar-refractivity contribution in [3.05, 3.63) is 78.5 Å². The number of nitrogens with zero attached hydrogens (tertiary/aromatic N) is 4. The van der Waals surface area contributed by atoms with E-state index in [9.17, 15) is 4.79 Å². The lowest BCUT2D eigenvalue weighted by Crippen LogP contribution is -2.53. The van der Waals surface area contributed by atoms with Crippen molar-refractivity contribution in [1.82, 2.24) is 14.9 Å². The van der Waals surface area contributed by atoms with E-state index in [1.807, 2.05) is 6.07 Å². The Kier molecular flexibility index (Phi) is 6.00. The van der Waals surface area contributed by atoms with Crippen molar-refractivity contribution in [2.45, 2.75) is 25.8 Å². The summed E-state index contributed by atoms with van der Waals surface area (Å²) < 4.78 is 5.38. The van der Waals surface area contributed by atoms with E-state index in [0.29, 0.717) is 17.6 Å². The highest BCUT2D eigenvalue weighted by Crippen LogP contribution is 2.27. The number of anilines is 1. The summed E-state index contributed by atoms with van der Waals surface area (Å²) >= 11 is 0. The number of hydrogen-bond donors (Lipinski definition) is 0. The van der Waals surface area contributed by atoms with Crippen LogP contribution in [0.25, 0.3) is 0 Å². The second kappa shape index (κ2) is 9.01. The lowest BCUT2D eigenvalue weighted by Gasteiger charge is -2.41. The van der Waals surface area contributed by atoms with Crippen LogP contribution in [-0.4, -0.2) is 46.5 Å². The van der Waals surface area contributed by atoms with Crippen molar-refractivity contribution in [3.8, 4) is 0 Å². The van der Waals surface area contributed by atoms with Crippen LogP contribution in [0, 0.1) is 5.92 Å². The molecule has 3 heterocycles. The van der Waals surface area contributed by atoms with Crippen LogP contribution < -0.4 is 4.90 Å². The fraction of sp³-hybridized carbons (Fsp3) is 0.348. The van der Waals surface area contributed by atoms with Crippen LogP contribution in [0.1, 0.15) is 29.5 Å². The summed E-state index contributed by atoms with van der Waals surface area (Å²) in [6, 6.07) is 15.8. The molecule has 0 N–H and O–H groups in total. The normalized spacial score (nSPS) is 19.8. The van der Waals surface area contributed by atoms with Crippen LogP contribution in [0.4, 0.5) is 5.95 Å². The van der Waals surface area contributed by atoms with E-state index in [1.165, 1.54) is 11.8 Å². The Hall–Kier alpha value is -2.99. The van der Waals surface area contributed by atoms with E-state index < -0.39 is 0 Å². The van der Waals surface area contributed by atoms with Gasteiger partial charge in [-0.25, -0.2) is 9.97 Å². The molecule has 150 valence electrons. The molecule has 1 amide bonds. The van der Waals surface area contributed by atoms with Gasteiger partial charge in [-0.05, 0) is 42.5 Å². The molecule has 0 radical (unpaired) electrons. The van der Waals surface area contributed by atoms with Gasteiger partial charge in [0.2, 0.25) is 5.95 Å². The molecule has 0 saturated carbocycles. The molecule has 2 atom stereocenters. The number of piperidine rings is 1. The molecular weight excluding hydrogens is 364 g/mol. The van der Waals surface area contributed by atoms with Crippen LogP contribution in [0.2, 0.25) is 0 Å². The number of hydrogen-bond acceptors (Lipinski definition) is 5. The minimum Gasteiger partial charge on any atom is -0.459 e. The molecule has 1 aromatic carbocycles. The van der Waals surface area contributed by atoms with Crippen LogP contribution in [-0.2, 0) is 6.42 Å². The number of furan rings is 1. The summed E-state index contributed by atoms with van der Waals surface area (Å²) in [5.41, 5.74) is 1.36. The zero-order valence-corrected chi connectivity index (χ0v) is 16.6. The molecule has 3 aromatic rings. The molecule has 6 nitrogen and oxygen atoms in total. The minimum absolute atomic E-state index is 0.0305. The van der Waals surface area contributed by atoms with Gasteiger partial charge in [0.1, 0.15) is 0 Å². The summed E-state index contributed by atoms with van der Waals surface area (Å²) in [5.74, 6) is 0.859. The highest BCUT2D eigenvalue weighted by molar-refractivity contribution is 6.03. The number of benzene rings is 1. The lowest BCUT2D eigenvalue weighted by atomic mass is 9.92. The second-order valence-electron chi connectivity index (χ2n) is 7.57. The quantitative estimate of drug-likeness (QED) is 0.643. The highest BCUT2D eigenvalue weighted by Gasteiger charge is 2.36. The molecule has 2 aromatic heterocycles. The first-order valence-electron chi connectivity index (χ1n) is 10.1. The van der Waals surface area contributed by atoms with E-state index in [0.717, 1.165) is 32.5 Å². The molecule has 1 aliphatic heterocycles. The molecule has 0 spiro atoms. The minimum atomic E-state index is -0.184. The number of carbonyl (C=O) groups is 1. The Morgan fingerprint density at radius 1 is 1.14 bits per heavy atom. The predicted octanol–water partition coefficient (Wildman–Crippen LogP) is 3.67. The number of likely N-dealkylation sites (tertiary alicyclic amines) is 1. The highest BCUT2D eigenvalue weighted by atomic mass is 16.3. The van der Waals surface area contributed by atoms with Crippen molar-refractivity contribution in [2.75, 3.05) is 24.5 Å². The molecule has 0 aliphatic carbocycles. The molecule has 2 unspecified atom stereocenters. The third-order valence-electron chi connectivity index (χ3n) is 5.55. The van der Waals surface area contributed by atoms with Crippen molar-refractivity contribution in [2.24, 2.45) is 5.92 Å². The van der Waals surface area contributed by atoms with Crippen molar-refractivity contribution >= 4 is 11.9 Å². The largest absolute Gasteiger partial charge is 0.459 e. The molecule has 4 rings (SSSR count). The molecule has 0 bridgehead atoms. The summed E-state index contributed by atoms with van der Waals surface area (Å²) in [6.07, 6.45) is 6.78. The van der Waals surface area contributed by atoms with Gasteiger partial charge in [-0.2, -0.15) is 0 Å². The van der Waals surface area contributed by atoms with Gasteiger partial charge in [-0.3, -0.25) is 9.69 Å². The van der Waals surface area contributed by atoms with Gasteiger partial charge >= 0.3 is 0 Å². The average Bonchev–Trinajstić information content (AvgIpc) is 3.30. The Labute approximate surface area is 171 Å². The Bertz CT molecular complexity index is 899. The number of carbonyl (C=O) groups excluding carboxylic acids is 1. The first-order chi connectivity index (χ1) is 14.2. The SMILES string of the molecule is CC1CN(CCc2ccccc2)CCC1N(C(=O)c1ccco1)c1ncccn1.